The van der Waals surface area contributed by atoms with Crippen molar-refractivity contribution in [1.29, 1.82) is 0 Å². The lowest BCUT2D eigenvalue weighted by Crippen LogP contribution is -2.29. The highest BCUT2D eigenvalue weighted by Gasteiger charge is 2.14. The highest BCUT2D eigenvalue weighted by Crippen LogP contribution is 2.25. The summed E-state index contributed by atoms with van der Waals surface area (Å²) in [6.07, 6.45) is 1.20. The molecule has 0 radical (unpaired) electrons. The quantitative estimate of drug-likeness (QED) is 0.449. The molecule has 178 valence electrons. The van der Waals surface area contributed by atoms with Crippen molar-refractivity contribution in [3.63, 3.8) is 0 Å². The molecule has 2 rings (SSSR count). The number of nitrogens with one attached hydrogen (secondary N) is 2. The van der Waals surface area contributed by atoms with Crippen molar-refractivity contribution in [2.75, 3.05) is 24.6 Å². The summed E-state index contributed by atoms with van der Waals surface area (Å²) < 4.78 is 52.8. The number of rotatable bonds is 13. The Balaban J connectivity index is 1.98. The van der Waals surface area contributed by atoms with Gasteiger partial charge < -0.3 is 0 Å². The van der Waals surface area contributed by atoms with Crippen molar-refractivity contribution in [2.45, 2.75) is 52.4 Å². The molecule has 2 aromatic rings. The first-order valence-electron chi connectivity index (χ1n) is 11.2. The van der Waals surface area contributed by atoms with Crippen molar-refractivity contribution in [3.05, 3.63) is 59.7 Å². The molecule has 0 aromatic heterocycles. The highest BCUT2D eigenvalue weighted by atomic mass is 32.2. The molecule has 0 aliphatic heterocycles. The maximum absolute atomic E-state index is 11.9. The molecule has 0 aliphatic rings. The summed E-state index contributed by atoms with van der Waals surface area (Å²) in [6.45, 7) is 8.49. The first kappa shape index (κ1) is 26.5. The van der Waals surface area contributed by atoms with Crippen LogP contribution in [0.25, 0.3) is 11.1 Å². The van der Waals surface area contributed by atoms with Gasteiger partial charge in [-0.05, 0) is 46.9 Å². The van der Waals surface area contributed by atoms with Crippen LogP contribution in [-0.2, 0) is 20.0 Å². The Labute approximate surface area is 193 Å². The minimum Gasteiger partial charge on any atom is -0.215 e. The summed E-state index contributed by atoms with van der Waals surface area (Å²) in [5, 5.41) is 0. The summed E-state index contributed by atoms with van der Waals surface area (Å²) in [5.41, 5.74) is 4.32. The lowest BCUT2D eigenvalue weighted by Gasteiger charge is -2.15. The lowest BCUT2D eigenvalue weighted by molar-refractivity contribution is 0.572. The monoisotopic (exact) mass is 480 g/mol. The third-order valence-corrected chi connectivity index (χ3v) is 8.56. The zero-order chi connectivity index (χ0) is 23.8. The van der Waals surface area contributed by atoms with Gasteiger partial charge in [-0.25, -0.2) is 26.3 Å². The third-order valence-electron chi connectivity index (χ3n) is 5.46. The van der Waals surface area contributed by atoms with Gasteiger partial charge in [0.2, 0.25) is 20.0 Å². The second kappa shape index (κ2) is 11.9. The van der Waals surface area contributed by atoms with Gasteiger partial charge in [-0.2, -0.15) is 0 Å². The fraction of sp³-hybridized carbons (Fsp3) is 0.500. The zero-order valence-electron chi connectivity index (χ0n) is 19.5. The fourth-order valence-electron chi connectivity index (χ4n) is 3.43. The Kier molecular flexibility index (Phi) is 9.88. The van der Waals surface area contributed by atoms with E-state index in [0.717, 1.165) is 22.3 Å². The van der Waals surface area contributed by atoms with Crippen LogP contribution in [0, 0.1) is 0 Å². The maximum Gasteiger partial charge on any atom is 0.211 e. The van der Waals surface area contributed by atoms with Gasteiger partial charge in [0.1, 0.15) is 0 Å². The Hall–Kier alpha value is -1.74. The third kappa shape index (κ3) is 8.31. The first-order valence-corrected chi connectivity index (χ1v) is 14.5. The predicted molar refractivity (Wildman–Crippen MR) is 133 cm³/mol. The first-order chi connectivity index (χ1) is 15.1. The van der Waals surface area contributed by atoms with E-state index in [-0.39, 0.29) is 23.3 Å². The predicted octanol–water partition coefficient (Wildman–Crippen LogP) is 4.22. The van der Waals surface area contributed by atoms with Crippen LogP contribution in [0.15, 0.2) is 48.5 Å². The summed E-state index contributed by atoms with van der Waals surface area (Å²) in [7, 11) is -6.40. The maximum atomic E-state index is 11.9. The van der Waals surface area contributed by atoms with Gasteiger partial charge in [0.25, 0.3) is 0 Å². The summed E-state index contributed by atoms with van der Waals surface area (Å²) in [5.74, 6) is 0.459. The summed E-state index contributed by atoms with van der Waals surface area (Å²) >= 11 is 0. The molecular formula is C24H36N2O4S2. The number of benzene rings is 2. The van der Waals surface area contributed by atoms with E-state index in [1.807, 2.05) is 76.2 Å². The lowest BCUT2D eigenvalue weighted by atomic mass is 9.95. The molecular weight excluding hydrogens is 444 g/mol. The molecule has 2 N–H and O–H groups in total. The second-order valence-electron chi connectivity index (χ2n) is 8.38. The SMILES string of the molecule is CCCS(=O)(=O)NC[C@H](C)c1ccc(-c2ccc([C@@H](C)CNS(=O)(=O)CCC)cc2)cc1. The van der Waals surface area contributed by atoms with E-state index in [0.29, 0.717) is 25.9 Å². The van der Waals surface area contributed by atoms with E-state index in [1.54, 1.807) is 0 Å². The fourth-order valence-corrected chi connectivity index (χ4v) is 5.80. The average Bonchev–Trinajstić information content (AvgIpc) is 2.76. The molecule has 2 aromatic carbocycles. The van der Waals surface area contributed by atoms with Gasteiger partial charge in [0, 0.05) is 13.1 Å². The standard InChI is InChI=1S/C24H36N2O4S2/c1-5-15-31(27,28)25-17-19(3)21-7-11-23(12-8-21)24-13-9-22(10-14-24)20(4)18-26-32(29,30)16-6-2/h7-14,19-20,25-26H,5-6,15-18H2,1-4H3/t19-,20-/m0/s1. The molecule has 0 heterocycles. The van der Waals surface area contributed by atoms with Crippen molar-refractivity contribution in [3.8, 4) is 11.1 Å². The minimum absolute atomic E-state index is 0.0791. The molecule has 0 aliphatic carbocycles. The molecule has 2 atom stereocenters. The highest BCUT2D eigenvalue weighted by molar-refractivity contribution is 7.89. The van der Waals surface area contributed by atoms with Gasteiger partial charge >= 0.3 is 0 Å². The van der Waals surface area contributed by atoms with Gasteiger partial charge in [0.15, 0.2) is 0 Å². The van der Waals surface area contributed by atoms with Gasteiger partial charge in [-0.3, -0.25) is 0 Å². The van der Waals surface area contributed by atoms with Crippen LogP contribution in [0.5, 0.6) is 0 Å². The van der Waals surface area contributed by atoms with Gasteiger partial charge in [0.05, 0.1) is 11.5 Å². The Morgan fingerprint density at radius 3 is 1.22 bits per heavy atom. The van der Waals surface area contributed by atoms with Crippen molar-refractivity contribution >= 4 is 20.0 Å². The smallest absolute Gasteiger partial charge is 0.211 e. The Morgan fingerprint density at radius 1 is 0.625 bits per heavy atom. The second-order valence-corrected chi connectivity index (χ2v) is 12.2. The average molecular weight is 481 g/mol. The number of hydrogen-bond acceptors (Lipinski definition) is 4. The molecule has 8 heteroatoms. The molecule has 6 nitrogen and oxygen atoms in total. The van der Waals surface area contributed by atoms with E-state index in [1.165, 1.54) is 0 Å². The van der Waals surface area contributed by atoms with Crippen molar-refractivity contribution in [1.82, 2.24) is 9.44 Å². The molecule has 0 amide bonds. The van der Waals surface area contributed by atoms with Crippen molar-refractivity contribution in [2.24, 2.45) is 0 Å². The molecule has 0 bridgehead atoms. The molecule has 0 spiro atoms. The van der Waals surface area contributed by atoms with Crippen LogP contribution >= 0.6 is 0 Å². The van der Waals surface area contributed by atoms with Crippen LogP contribution in [0.3, 0.4) is 0 Å². The van der Waals surface area contributed by atoms with E-state index >= 15 is 0 Å². The van der Waals surface area contributed by atoms with Crippen LogP contribution in [-0.4, -0.2) is 41.4 Å². The van der Waals surface area contributed by atoms with E-state index < -0.39 is 20.0 Å². The topological polar surface area (TPSA) is 92.3 Å². The molecule has 0 fully saturated rings. The van der Waals surface area contributed by atoms with Gasteiger partial charge in [-0.15, -0.1) is 0 Å². The van der Waals surface area contributed by atoms with Crippen LogP contribution in [0.2, 0.25) is 0 Å². The molecule has 32 heavy (non-hydrogen) atoms. The zero-order valence-corrected chi connectivity index (χ0v) is 21.1. The number of sulfonamides is 2. The van der Waals surface area contributed by atoms with E-state index in [4.69, 9.17) is 0 Å². The van der Waals surface area contributed by atoms with Crippen LogP contribution in [0.4, 0.5) is 0 Å². The summed E-state index contributed by atoms with van der Waals surface area (Å²) in [6, 6.07) is 16.3. The summed E-state index contributed by atoms with van der Waals surface area (Å²) in [4.78, 5) is 0. The van der Waals surface area contributed by atoms with Crippen molar-refractivity contribution < 1.29 is 16.8 Å². The van der Waals surface area contributed by atoms with Crippen LogP contribution < -0.4 is 9.44 Å². The number of hydrogen-bond donors (Lipinski definition) is 2. The molecule has 0 unspecified atom stereocenters. The van der Waals surface area contributed by atoms with E-state index in [9.17, 15) is 16.8 Å². The van der Waals surface area contributed by atoms with Gasteiger partial charge in [-0.1, -0.05) is 76.2 Å². The van der Waals surface area contributed by atoms with Crippen LogP contribution in [0.1, 0.15) is 63.5 Å². The molecule has 0 saturated heterocycles. The molecule has 0 saturated carbocycles. The Morgan fingerprint density at radius 2 is 0.938 bits per heavy atom. The Bertz CT molecular complexity index is 961. The van der Waals surface area contributed by atoms with E-state index in [2.05, 4.69) is 9.44 Å². The minimum atomic E-state index is -3.20. The largest absolute Gasteiger partial charge is 0.215 e. The normalized spacial score (nSPS) is 14.2.